The molecule has 2 aromatic heterocycles. The van der Waals surface area contributed by atoms with Gasteiger partial charge in [0.05, 0.1) is 27.9 Å². The van der Waals surface area contributed by atoms with Gasteiger partial charge in [0.2, 0.25) is 0 Å². The van der Waals surface area contributed by atoms with Gasteiger partial charge in [0.1, 0.15) is 0 Å². The van der Waals surface area contributed by atoms with Crippen molar-refractivity contribution in [3.8, 4) is 0 Å². The highest BCUT2D eigenvalue weighted by molar-refractivity contribution is 6.35. The SMILES string of the molecule is Cc1cc(C(=O)N2C[C@@H](Cc3cnccn3)[C@H](O)C2)c2cccc(Cl)c2n1. The van der Waals surface area contributed by atoms with E-state index in [9.17, 15) is 9.90 Å². The predicted molar refractivity (Wildman–Crippen MR) is 103 cm³/mol. The monoisotopic (exact) mass is 382 g/mol. The van der Waals surface area contributed by atoms with Crippen molar-refractivity contribution in [3.05, 3.63) is 64.8 Å². The number of nitrogens with zero attached hydrogens (tertiary/aromatic N) is 4. The topological polar surface area (TPSA) is 79.2 Å². The molecule has 0 aliphatic carbocycles. The van der Waals surface area contributed by atoms with Crippen LogP contribution < -0.4 is 0 Å². The smallest absolute Gasteiger partial charge is 0.254 e. The first-order chi connectivity index (χ1) is 13.0. The highest BCUT2D eigenvalue weighted by Crippen LogP contribution is 2.28. The Morgan fingerprint density at radius 2 is 2.19 bits per heavy atom. The Labute approximate surface area is 161 Å². The lowest BCUT2D eigenvalue weighted by molar-refractivity contribution is 0.0766. The largest absolute Gasteiger partial charge is 0.391 e. The summed E-state index contributed by atoms with van der Waals surface area (Å²) in [4.78, 5) is 27.7. The summed E-state index contributed by atoms with van der Waals surface area (Å²) in [5.41, 5.74) is 2.73. The quantitative estimate of drug-likeness (QED) is 0.753. The Kier molecular flexibility index (Phi) is 4.76. The van der Waals surface area contributed by atoms with Crippen molar-refractivity contribution in [2.45, 2.75) is 19.4 Å². The number of aliphatic hydroxyl groups is 1. The number of likely N-dealkylation sites (tertiary alicyclic amines) is 1. The van der Waals surface area contributed by atoms with Gasteiger partial charge in [-0.2, -0.15) is 0 Å². The third-order valence-corrected chi connectivity index (χ3v) is 5.24. The van der Waals surface area contributed by atoms with Gasteiger partial charge in [-0.1, -0.05) is 23.7 Å². The van der Waals surface area contributed by atoms with Gasteiger partial charge in [0.15, 0.2) is 0 Å². The first-order valence-electron chi connectivity index (χ1n) is 8.81. The van der Waals surface area contributed by atoms with E-state index in [0.29, 0.717) is 35.6 Å². The number of halogens is 1. The normalized spacial score (nSPS) is 19.6. The lowest BCUT2D eigenvalue weighted by atomic mass is 10.0. The fourth-order valence-electron chi connectivity index (χ4n) is 3.61. The van der Waals surface area contributed by atoms with E-state index in [1.165, 1.54) is 0 Å². The van der Waals surface area contributed by atoms with Crippen LogP contribution in [0.25, 0.3) is 10.9 Å². The standard InChI is InChI=1S/C20H19ClN4O2/c1-12-7-16(15-3-2-4-17(21)19(15)24-12)20(27)25-10-13(18(26)11-25)8-14-9-22-5-6-23-14/h2-7,9,13,18,26H,8,10-11H2,1H3/t13-,18-/m1/s1. The zero-order valence-electron chi connectivity index (χ0n) is 14.8. The van der Waals surface area contributed by atoms with Gasteiger partial charge >= 0.3 is 0 Å². The van der Waals surface area contributed by atoms with E-state index in [4.69, 9.17) is 11.6 Å². The molecule has 7 heteroatoms. The maximum absolute atomic E-state index is 13.2. The van der Waals surface area contributed by atoms with Gasteiger partial charge in [-0.25, -0.2) is 0 Å². The number of carbonyl (C=O) groups is 1. The molecule has 1 N–H and O–H groups in total. The van der Waals surface area contributed by atoms with Crippen molar-refractivity contribution in [3.63, 3.8) is 0 Å². The van der Waals surface area contributed by atoms with E-state index in [1.54, 1.807) is 35.6 Å². The van der Waals surface area contributed by atoms with E-state index < -0.39 is 6.10 Å². The molecule has 138 valence electrons. The molecule has 1 saturated heterocycles. The number of β-amino-alcohol motifs (C(OH)–C–C–N with tert-alkyl or cyclic N) is 1. The molecule has 0 radical (unpaired) electrons. The van der Waals surface area contributed by atoms with Gasteiger partial charge in [-0.3, -0.25) is 19.7 Å². The van der Waals surface area contributed by atoms with Crippen molar-refractivity contribution in [1.29, 1.82) is 0 Å². The number of carbonyl (C=O) groups excluding carboxylic acids is 1. The first-order valence-corrected chi connectivity index (χ1v) is 9.19. The van der Waals surface area contributed by atoms with Crippen molar-refractivity contribution in [2.24, 2.45) is 5.92 Å². The second-order valence-corrected chi connectivity index (χ2v) is 7.29. The second kappa shape index (κ2) is 7.21. The third-order valence-electron chi connectivity index (χ3n) is 4.93. The van der Waals surface area contributed by atoms with Crippen LogP contribution in [0.3, 0.4) is 0 Å². The Hall–Kier alpha value is -2.57. The molecule has 4 rings (SSSR count). The van der Waals surface area contributed by atoms with Crippen LogP contribution in [0.5, 0.6) is 0 Å². The number of hydrogen-bond donors (Lipinski definition) is 1. The number of aryl methyl sites for hydroxylation is 1. The van der Waals surface area contributed by atoms with Crippen LogP contribution in [0, 0.1) is 12.8 Å². The van der Waals surface area contributed by atoms with Crippen molar-refractivity contribution >= 4 is 28.4 Å². The van der Waals surface area contributed by atoms with Gasteiger partial charge in [0, 0.05) is 48.7 Å². The molecule has 3 heterocycles. The van der Waals surface area contributed by atoms with Crippen LogP contribution in [-0.4, -0.2) is 50.1 Å². The van der Waals surface area contributed by atoms with E-state index in [1.807, 2.05) is 19.1 Å². The van der Waals surface area contributed by atoms with Gasteiger partial charge in [-0.05, 0) is 25.5 Å². The molecule has 27 heavy (non-hydrogen) atoms. The zero-order valence-corrected chi connectivity index (χ0v) is 15.6. The number of fused-ring (bicyclic) bond motifs is 1. The molecule has 1 aliphatic heterocycles. The average Bonchev–Trinajstić information content (AvgIpc) is 3.03. The van der Waals surface area contributed by atoms with Crippen LogP contribution in [-0.2, 0) is 6.42 Å². The number of aliphatic hydroxyl groups excluding tert-OH is 1. The zero-order chi connectivity index (χ0) is 19.0. The molecule has 6 nitrogen and oxygen atoms in total. The van der Waals surface area contributed by atoms with Crippen LogP contribution in [0.15, 0.2) is 42.9 Å². The fourth-order valence-corrected chi connectivity index (χ4v) is 3.83. The summed E-state index contributed by atoms with van der Waals surface area (Å²) in [6.07, 6.45) is 4.94. The van der Waals surface area contributed by atoms with Crippen molar-refractivity contribution in [1.82, 2.24) is 19.9 Å². The van der Waals surface area contributed by atoms with E-state index in [0.717, 1.165) is 16.8 Å². The molecule has 0 spiro atoms. The summed E-state index contributed by atoms with van der Waals surface area (Å²) in [5, 5.41) is 11.7. The molecular formula is C20H19ClN4O2. The van der Waals surface area contributed by atoms with Crippen molar-refractivity contribution in [2.75, 3.05) is 13.1 Å². The molecule has 0 saturated carbocycles. The minimum atomic E-state index is -0.589. The lowest BCUT2D eigenvalue weighted by Crippen LogP contribution is -2.30. The maximum Gasteiger partial charge on any atom is 0.254 e. The summed E-state index contributed by atoms with van der Waals surface area (Å²) < 4.78 is 0. The van der Waals surface area contributed by atoms with Gasteiger partial charge in [0.25, 0.3) is 5.91 Å². The number of hydrogen-bond acceptors (Lipinski definition) is 5. The molecule has 1 aromatic carbocycles. The number of rotatable bonds is 3. The summed E-state index contributed by atoms with van der Waals surface area (Å²) in [6, 6.07) is 7.21. The molecule has 1 amide bonds. The van der Waals surface area contributed by atoms with E-state index in [2.05, 4.69) is 15.0 Å². The van der Waals surface area contributed by atoms with E-state index in [-0.39, 0.29) is 11.8 Å². The van der Waals surface area contributed by atoms with Crippen molar-refractivity contribution < 1.29 is 9.90 Å². The molecule has 0 bridgehead atoms. The van der Waals surface area contributed by atoms with E-state index >= 15 is 0 Å². The highest BCUT2D eigenvalue weighted by atomic mass is 35.5. The predicted octanol–water partition coefficient (Wildman–Crippen LogP) is 2.66. The third kappa shape index (κ3) is 3.50. The Balaban J connectivity index is 1.61. The minimum absolute atomic E-state index is 0.0663. The molecule has 1 fully saturated rings. The number of aromatic nitrogens is 3. The number of benzene rings is 1. The first kappa shape index (κ1) is 17.8. The van der Waals surface area contributed by atoms with Gasteiger partial charge < -0.3 is 10.0 Å². The second-order valence-electron chi connectivity index (χ2n) is 6.89. The average molecular weight is 383 g/mol. The minimum Gasteiger partial charge on any atom is -0.391 e. The van der Waals surface area contributed by atoms with Crippen LogP contribution in [0.2, 0.25) is 5.02 Å². The summed E-state index contributed by atoms with van der Waals surface area (Å²) >= 11 is 6.26. The Morgan fingerprint density at radius 1 is 1.33 bits per heavy atom. The highest BCUT2D eigenvalue weighted by Gasteiger charge is 2.35. The number of pyridine rings is 1. The molecule has 0 unspecified atom stereocenters. The van der Waals surface area contributed by atoms with Crippen LogP contribution in [0.4, 0.5) is 0 Å². The molecular weight excluding hydrogens is 364 g/mol. The summed E-state index contributed by atoms with van der Waals surface area (Å²) in [5.74, 6) is -0.183. The molecule has 2 atom stereocenters. The maximum atomic E-state index is 13.2. The Bertz CT molecular complexity index is 996. The molecule has 1 aliphatic rings. The molecule has 3 aromatic rings. The number of amides is 1. The Morgan fingerprint density at radius 3 is 2.96 bits per heavy atom. The summed E-state index contributed by atoms with van der Waals surface area (Å²) in [6.45, 7) is 2.61. The lowest BCUT2D eigenvalue weighted by Gasteiger charge is -2.18. The van der Waals surface area contributed by atoms with Crippen LogP contribution in [0.1, 0.15) is 21.7 Å². The van der Waals surface area contributed by atoms with Crippen LogP contribution >= 0.6 is 11.6 Å². The summed E-state index contributed by atoms with van der Waals surface area (Å²) in [7, 11) is 0. The number of para-hydroxylation sites is 1. The fraction of sp³-hybridized carbons (Fsp3) is 0.300. The van der Waals surface area contributed by atoms with Gasteiger partial charge in [-0.15, -0.1) is 0 Å².